The molecule has 0 atom stereocenters. The lowest BCUT2D eigenvalue weighted by molar-refractivity contribution is -0.247. The predicted octanol–water partition coefficient (Wildman–Crippen LogP) is 2.46. The Hall–Kier alpha value is -2.04. The van der Waals surface area contributed by atoms with Gasteiger partial charge in [-0.15, -0.1) is 0 Å². The van der Waals surface area contributed by atoms with Crippen LogP contribution in [0.25, 0.3) is 11.0 Å². The highest BCUT2D eigenvalue weighted by molar-refractivity contribution is 5.87. The molecule has 0 saturated heterocycles. The van der Waals surface area contributed by atoms with E-state index in [1.54, 1.807) is 13.8 Å². The molecule has 0 aliphatic heterocycles. The van der Waals surface area contributed by atoms with Crippen LogP contribution >= 0.6 is 0 Å². The zero-order chi connectivity index (χ0) is 14.7. The van der Waals surface area contributed by atoms with Crippen LogP contribution in [0.4, 0.5) is 10.7 Å². The summed E-state index contributed by atoms with van der Waals surface area (Å²) in [4.78, 5) is 19.9. The van der Waals surface area contributed by atoms with Crippen molar-refractivity contribution in [1.29, 1.82) is 0 Å². The Labute approximate surface area is 118 Å². The van der Waals surface area contributed by atoms with Crippen molar-refractivity contribution in [2.45, 2.75) is 46.1 Å². The first-order chi connectivity index (χ1) is 9.54. The second-order valence-electron chi connectivity index (χ2n) is 5.21. The molecule has 0 spiro atoms. The Kier molecular flexibility index (Phi) is 4.27. The maximum atomic E-state index is 11.2. The zero-order valence-corrected chi connectivity index (χ0v) is 12.1. The summed E-state index contributed by atoms with van der Waals surface area (Å²) in [5, 5.41) is 11.2. The molecule has 2 rings (SSSR count). The summed E-state index contributed by atoms with van der Waals surface area (Å²) in [6.07, 6.45) is 1.92. The fraction of sp³-hybridized carbons (Fsp3) is 0.467. The maximum absolute atomic E-state index is 11.2. The molecule has 0 aliphatic carbocycles. The summed E-state index contributed by atoms with van der Waals surface area (Å²) in [5.41, 5.74) is 2.86. The van der Waals surface area contributed by atoms with Gasteiger partial charge in [0.15, 0.2) is 0 Å². The number of benzene rings is 1. The van der Waals surface area contributed by atoms with Crippen molar-refractivity contribution >= 4 is 23.1 Å². The lowest BCUT2D eigenvalue weighted by Crippen LogP contribution is -2.46. The Balaban J connectivity index is 2.44. The minimum Gasteiger partial charge on any atom is -0.530 e. The molecule has 0 aliphatic rings. The van der Waals surface area contributed by atoms with Crippen LogP contribution in [0.1, 0.15) is 39.2 Å². The molecule has 5 nitrogen and oxygen atoms in total. The second kappa shape index (κ2) is 5.94. The van der Waals surface area contributed by atoms with Crippen LogP contribution in [-0.4, -0.2) is 22.1 Å². The number of fused-ring (bicyclic) bond motifs is 1. The van der Waals surface area contributed by atoms with Gasteiger partial charge < -0.3 is 14.9 Å². The second-order valence-corrected chi connectivity index (χ2v) is 5.21. The Morgan fingerprint density at radius 1 is 1.45 bits per heavy atom. The number of carbonyl (C=O) groups is 1. The first kappa shape index (κ1) is 14.4. The van der Waals surface area contributed by atoms with Crippen molar-refractivity contribution in [2.24, 2.45) is 0 Å². The summed E-state index contributed by atoms with van der Waals surface area (Å²) in [5.74, 6) is 0.332. The van der Waals surface area contributed by atoms with Crippen molar-refractivity contribution in [3.05, 3.63) is 23.8 Å². The number of hydrogen-bond acceptors (Lipinski definition) is 3. The van der Waals surface area contributed by atoms with Crippen LogP contribution in [0.2, 0.25) is 0 Å². The number of aromatic amines is 1. The van der Waals surface area contributed by atoms with Crippen LogP contribution in [-0.2, 0) is 6.42 Å². The number of para-hydroxylation sites is 1. The molecule has 0 unspecified atom stereocenters. The van der Waals surface area contributed by atoms with Gasteiger partial charge in [0.05, 0.1) is 11.0 Å². The highest BCUT2D eigenvalue weighted by Crippen LogP contribution is 2.23. The number of rotatable bonds is 5. The number of nitrogens with zero attached hydrogens (tertiary/aromatic N) is 2. The molecular formula is C15H20N3O2-. The Bertz CT molecular complexity index is 604. The third-order valence-electron chi connectivity index (χ3n) is 3.32. The van der Waals surface area contributed by atoms with Crippen LogP contribution in [0.5, 0.6) is 0 Å². The number of amides is 1. The number of carbonyl (C=O) groups excluding carboxylic acids is 1. The number of hydrogen-bond donors (Lipinski definition) is 1. The van der Waals surface area contributed by atoms with Gasteiger partial charge in [-0.25, -0.2) is 4.98 Å². The standard InChI is InChI=1S/C15H21N3O2/c1-4-5-7-11-8-6-9-12-13(11)17-14(16-12)18(10(2)3)15(19)20/h6,8-10H,4-5,7H2,1-3H3,(H,16,17)(H,19,20)/p-1. The van der Waals surface area contributed by atoms with Crippen molar-refractivity contribution < 1.29 is 9.90 Å². The van der Waals surface area contributed by atoms with Gasteiger partial charge in [-0.05, 0) is 38.3 Å². The van der Waals surface area contributed by atoms with Crippen LogP contribution < -0.4 is 10.0 Å². The molecule has 1 aromatic heterocycles. The number of aryl methyl sites for hydroxylation is 1. The lowest BCUT2D eigenvalue weighted by atomic mass is 10.1. The average Bonchev–Trinajstić information content (AvgIpc) is 2.78. The highest BCUT2D eigenvalue weighted by atomic mass is 16.4. The highest BCUT2D eigenvalue weighted by Gasteiger charge is 2.16. The van der Waals surface area contributed by atoms with E-state index in [4.69, 9.17) is 0 Å². The van der Waals surface area contributed by atoms with E-state index in [1.807, 2.05) is 18.2 Å². The van der Waals surface area contributed by atoms with Crippen LogP contribution in [0, 0.1) is 0 Å². The van der Waals surface area contributed by atoms with Crippen molar-refractivity contribution in [3.8, 4) is 0 Å². The van der Waals surface area contributed by atoms with Gasteiger partial charge >= 0.3 is 0 Å². The molecule has 1 heterocycles. The minimum absolute atomic E-state index is 0.223. The quantitative estimate of drug-likeness (QED) is 0.910. The van der Waals surface area contributed by atoms with Gasteiger partial charge in [0.2, 0.25) is 5.95 Å². The van der Waals surface area contributed by atoms with E-state index < -0.39 is 6.09 Å². The van der Waals surface area contributed by atoms with Crippen molar-refractivity contribution in [1.82, 2.24) is 9.97 Å². The number of nitrogens with one attached hydrogen (secondary N) is 1. The van der Waals surface area contributed by atoms with Crippen molar-refractivity contribution in [3.63, 3.8) is 0 Å². The molecular weight excluding hydrogens is 254 g/mol. The summed E-state index contributed by atoms with van der Waals surface area (Å²) in [6, 6.07) is 5.70. The van der Waals surface area contributed by atoms with Gasteiger partial charge in [-0.1, -0.05) is 25.5 Å². The smallest absolute Gasteiger partial charge is 0.209 e. The van der Waals surface area contributed by atoms with Crippen LogP contribution in [0.15, 0.2) is 18.2 Å². The minimum atomic E-state index is -1.24. The first-order valence-corrected chi connectivity index (χ1v) is 7.02. The molecule has 1 amide bonds. The Morgan fingerprint density at radius 2 is 2.20 bits per heavy atom. The summed E-state index contributed by atoms with van der Waals surface area (Å²) < 4.78 is 0. The fourth-order valence-electron chi connectivity index (χ4n) is 2.30. The number of anilines is 1. The number of aromatic nitrogens is 2. The molecule has 0 fully saturated rings. The molecule has 0 bridgehead atoms. The topological polar surface area (TPSA) is 72.0 Å². The van der Waals surface area contributed by atoms with E-state index in [2.05, 4.69) is 16.9 Å². The number of unbranched alkanes of at least 4 members (excludes halogenated alkanes) is 1. The molecule has 20 heavy (non-hydrogen) atoms. The number of H-pyrrole nitrogens is 1. The molecule has 5 heteroatoms. The van der Waals surface area contributed by atoms with Gasteiger partial charge in [-0.2, -0.15) is 0 Å². The lowest BCUT2D eigenvalue weighted by Gasteiger charge is -2.26. The summed E-state index contributed by atoms with van der Waals surface area (Å²) in [6.45, 7) is 5.73. The predicted molar refractivity (Wildman–Crippen MR) is 77.7 cm³/mol. The molecule has 2 aromatic rings. The fourth-order valence-corrected chi connectivity index (χ4v) is 2.30. The molecule has 0 radical (unpaired) electrons. The van der Waals surface area contributed by atoms with Crippen LogP contribution in [0.3, 0.4) is 0 Å². The van der Waals surface area contributed by atoms with E-state index in [-0.39, 0.29) is 6.04 Å². The maximum Gasteiger partial charge on any atom is 0.209 e. The van der Waals surface area contributed by atoms with E-state index in [1.165, 1.54) is 0 Å². The van der Waals surface area contributed by atoms with E-state index in [0.717, 1.165) is 40.8 Å². The van der Waals surface area contributed by atoms with Gasteiger partial charge in [0.1, 0.15) is 6.09 Å². The van der Waals surface area contributed by atoms with E-state index >= 15 is 0 Å². The molecule has 0 saturated carbocycles. The van der Waals surface area contributed by atoms with E-state index in [0.29, 0.717) is 5.95 Å². The van der Waals surface area contributed by atoms with Gasteiger partial charge in [0, 0.05) is 6.04 Å². The summed E-state index contributed by atoms with van der Waals surface area (Å²) in [7, 11) is 0. The normalized spacial score (nSPS) is 11.2. The SMILES string of the molecule is CCCCc1cccc2[nH]c(N(C(=O)[O-])C(C)C)nc12. The van der Waals surface area contributed by atoms with Gasteiger partial charge in [-0.3, -0.25) is 4.90 Å². The number of imidazole rings is 1. The zero-order valence-electron chi connectivity index (χ0n) is 12.1. The molecule has 108 valence electrons. The average molecular weight is 274 g/mol. The Morgan fingerprint density at radius 3 is 2.80 bits per heavy atom. The largest absolute Gasteiger partial charge is 0.530 e. The summed E-state index contributed by atoms with van der Waals surface area (Å²) >= 11 is 0. The number of carboxylic acid groups (broad SMARTS) is 1. The first-order valence-electron chi connectivity index (χ1n) is 7.02. The van der Waals surface area contributed by atoms with E-state index in [9.17, 15) is 9.90 Å². The molecule has 1 N–H and O–H groups in total. The third kappa shape index (κ3) is 2.76. The molecule has 1 aromatic carbocycles. The monoisotopic (exact) mass is 274 g/mol. The van der Waals surface area contributed by atoms with Crippen molar-refractivity contribution in [2.75, 3.05) is 4.90 Å². The van der Waals surface area contributed by atoms with Gasteiger partial charge in [0.25, 0.3) is 0 Å². The third-order valence-corrected chi connectivity index (χ3v) is 3.32.